The first-order chi connectivity index (χ1) is 11.9. The van der Waals surface area contributed by atoms with E-state index in [4.69, 9.17) is 9.47 Å². The monoisotopic (exact) mass is 343 g/mol. The van der Waals surface area contributed by atoms with E-state index in [1.54, 1.807) is 13.1 Å². The maximum absolute atomic E-state index is 12.2. The van der Waals surface area contributed by atoms with Gasteiger partial charge in [-0.15, -0.1) is 0 Å². The third-order valence-corrected chi connectivity index (χ3v) is 3.86. The van der Waals surface area contributed by atoms with Gasteiger partial charge in [-0.1, -0.05) is 30.3 Å². The average Bonchev–Trinajstić information content (AvgIpc) is 2.61. The zero-order valence-corrected chi connectivity index (χ0v) is 14.5. The summed E-state index contributed by atoms with van der Waals surface area (Å²) in [6, 6.07) is 12.2. The standard InChI is InChI=1S/C19H21NO5/c1-13-7-4-5-8-14(13)11-20(2)17(21)12-25-19(23)15-9-6-10-16(24-3)18(15)22/h4-10,22H,11-12H2,1-3H3. The third-order valence-electron chi connectivity index (χ3n) is 3.86. The van der Waals surface area contributed by atoms with Crippen LogP contribution in [0.5, 0.6) is 11.5 Å². The molecule has 1 amide bonds. The quantitative estimate of drug-likeness (QED) is 0.816. The highest BCUT2D eigenvalue weighted by Crippen LogP contribution is 2.29. The van der Waals surface area contributed by atoms with Crippen molar-refractivity contribution in [3.8, 4) is 11.5 Å². The molecular weight excluding hydrogens is 322 g/mol. The number of phenols is 1. The summed E-state index contributed by atoms with van der Waals surface area (Å²) < 4.78 is 9.96. The molecule has 0 aliphatic carbocycles. The van der Waals surface area contributed by atoms with E-state index in [0.717, 1.165) is 11.1 Å². The maximum atomic E-state index is 12.2. The first-order valence-electron chi connectivity index (χ1n) is 7.75. The van der Waals surface area contributed by atoms with Crippen molar-refractivity contribution in [2.45, 2.75) is 13.5 Å². The van der Waals surface area contributed by atoms with Gasteiger partial charge in [0.15, 0.2) is 18.1 Å². The number of benzene rings is 2. The molecule has 6 nitrogen and oxygen atoms in total. The number of aryl methyl sites for hydroxylation is 1. The average molecular weight is 343 g/mol. The Balaban J connectivity index is 1.95. The van der Waals surface area contributed by atoms with Gasteiger partial charge in [0.05, 0.1) is 7.11 Å². The molecule has 0 aliphatic heterocycles. The molecule has 6 heteroatoms. The number of rotatable bonds is 6. The van der Waals surface area contributed by atoms with Crippen LogP contribution < -0.4 is 4.74 Å². The van der Waals surface area contributed by atoms with Gasteiger partial charge in [-0.3, -0.25) is 4.79 Å². The van der Waals surface area contributed by atoms with Crippen LogP contribution in [-0.2, 0) is 16.1 Å². The molecule has 1 N–H and O–H groups in total. The zero-order valence-electron chi connectivity index (χ0n) is 14.5. The molecule has 0 saturated carbocycles. The number of hydrogen-bond donors (Lipinski definition) is 1. The van der Waals surface area contributed by atoms with Gasteiger partial charge in [0.1, 0.15) is 5.56 Å². The number of amides is 1. The second kappa shape index (κ2) is 8.19. The van der Waals surface area contributed by atoms with Crippen LogP contribution in [0, 0.1) is 6.92 Å². The van der Waals surface area contributed by atoms with Crippen molar-refractivity contribution in [1.29, 1.82) is 0 Å². The van der Waals surface area contributed by atoms with Gasteiger partial charge in [0, 0.05) is 13.6 Å². The van der Waals surface area contributed by atoms with Crippen molar-refractivity contribution in [2.24, 2.45) is 0 Å². The Labute approximate surface area is 146 Å². The largest absolute Gasteiger partial charge is 0.504 e. The van der Waals surface area contributed by atoms with Crippen LogP contribution in [0.3, 0.4) is 0 Å². The van der Waals surface area contributed by atoms with Crippen LogP contribution >= 0.6 is 0 Å². The summed E-state index contributed by atoms with van der Waals surface area (Å²) in [4.78, 5) is 25.7. The van der Waals surface area contributed by atoms with Crippen LogP contribution in [0.2, 0.25) is 0 Å². The van der Waals surface area contributed by atoms with Gasteiger partial charge < -0.3 is 19.5 Å². The molecule has 2 aromatic carbocycles. The van der Waals surface area contributed by atoms with E-state index >= 15 is 0 Å². The fourth-order valence-corrected chi connectivity index (χ4v) is 2.30. The van der Waals surface area contributed by atoms with Gasteiger partial charge in [-0.25, -0.2) is 4.79 Å². The molecule has 2 aromatic rings. The fraction of sp³-hybridized carbons (Fsp3) is 0.263. The van der Waals surface area contributed by atoms with E-state index in [-0.39, 0.29) is 23.0 Å². The molecular formula is C19H21NO5. The number of para-hydroxylation sites is 1. The predicted octanol–water partition coefficient (Wildman–Crippen LogP) is 2.52. The highest BCUT2D eigenvalue weighted by molar-refractivity contribution is 5.94. The lowest BCUT2D eigenvalue weighted by Gasteiger charge is -2.18. The molecule has 0 spiro atoms. The van der Waals surface area contributed by atoms with Crippen molar-refractivity contribution >= 4 is 11.9 Å². The Bertz CT molecular complexity index is 772. The minimum atomic E-state index is -0.783. The normalized spacial score (nSPS) is 10.2. The van der Waals surface area contributed by atoms with Crippen molar-refractivity contribution in [2.75, 3.05) is 20.8 Å². The summed E-state index contributed by atoms with van der Waals surface area (Å²) in [7, 11) is 3.03. The van der Waals surface area contributed by atoms with Crippen LogP contribution in [0.1, 0.15) is 21.5 Å². The van der Waals surface area contributed by atoms with Crippen molar-refractivity contribution in [3.63, 3.8) is 0 Å². The van der Waals surface area contributed by atoms with Crippen LogP contribution in [0.25, 0.3) is 0 Å². The molecule has 0 unspecified atom stereocenters. The Morgan fingerprint density at radius 2 is 1.84 bits per heavy atom. The molecule has 25 heavy (non-hydrogen) atoms. The Kier molecular flexibility index (Phi) is 6.00. The molecule has 0 saturated heterocycles. The summed E-state index contributed by atoms with van der Waals surface area (Å²) in [6.07, 6.45) is 0. The highest BCUT2D eigenvalue weighted by atomic mass is 16.5. The number of hydrogen-bond acceptors (Lipinski definition) is 5. The lowest BCUT2D eigenvalue weighted by molar-refractivity contribution is -0.133. The number of carbonyl (C=O) groups excluding carboxylic acids is 2. The second-order valence-electron chi connectivity index (χ2n) is 5.61. The molecule has 2 rings (SSSR count). The first-order valence-corrected chi connectivity index (χ1v) is 7.75. The molecule has 0 fully saturated rings. The van der Waals surface area contributed by atoms with Gasteiger partial charge >= 0.3 is 5.97 Å². The van der Waals surface area contributed by atoms with Gasteiger partial charge in [0.2, 0.25) is 0 Å². The van der Waals surface area contributed by atoms with E-state index in [0.29, 0.717) is 6.54 Å². The van der Waals surface area contributed by atoms with Crippen LogP contribution in [0.4, 0.5) is 0 Å². The summed E-state index contributed by atoms with van der Waals surface area (Å²) >= 11 is 0. The number of ether oxygens (including phenoxy) is 2. The van der Waals surface area contributed by atoms with Gasteiger partial charge in [0.25, 0.3) is 5.91 Å². The minimum absolute atomic E-state index is 0.0475. The van der Waals surface area contributed by atoms with E-state index < -0.39 is 12.6 Å². The number of aromatic hydroxyl groups is 1. The highest BCUT2D eigenvalue weighted by Gasteiger charge is 2.18. The number of carbonyl (C=O) groups is 2. The summed E-state index contributed by atoms with van der Waals surface area (Å²) in [5.41, 5.74) is 2.06. The van der Waals surface area contributed by atoms with E-state index in [1.807, 2.05) is 31.2 Å². The molecule has 0 radical (unpaired) electrons. The smallest absolute Gasteiger partial charge is 0.342 e. The number of nitrogens with zero attached hydrogens (tertiary/aromatic N) is 1. The zero-order chi connectivity index (χ0) is 18.4. The molecule has 0 aliphatic rings. The lowest BCUT2D eigenvalue weighted by Crippen LogP contribution is -2.31. The topological polar surface area (TPSA) is 76.1 Å². The maximum Gasteiger partial charge on any atom is 0.342 e. The van der Waals surface area contributed by atoms with E-state index in [1.165, 1.54) is 24.1 Å². The van der Waals surface area contributed by atoms with E-state index in [2.05, 4.69) is 0 Å². The molecule has 0 bridgehead atoms. The summed E-state index contributed by atoms with van der Waals surface area (Å²) in [6.45, 7) is 1.99. The Hall–Kier alpha value is -3.02. The fourth-order valence-electron chi connectivity index (χ4n) is 2.30. The SMILES string of the molecule is COc1cccc(C(=O)OCC(=O)N(C)Cc2ccccc2C)c1O. The minimum Gasteiger partial charge on any atom is -0.504 e. The van der Waals surface area contributed by atoms with Crippen molar-refractivity contribution in [1.82, 2.24) is 4.90 Å². The van der Waals surface area contributed by atoms with Crippen molar-refractivity contribution in [3.05, 3.63) is 59.2 Å². The molecule has 132 valence electrons. The number of esters is 1. The van der Waals surface area contributed by atoms with Gasteiger partial charge in [-0.2, -0.15) is 0 Å². The summed E-state index contributed by atoms with van der Waals surface area (Å²) in [5.74, 6) is -1.26. The van der Waals surface area contributed by atoms with Crippen molar-refractivity contribution < 1.29 is 24.2 Å². The number of likely N-dealkylation sites (N-methyl/N-ethyl adjacent to an activating group) is 1. The van der Waals surface area contributed by atoms with E-state index in [9.17, 15) is 14.7 Å². The Morgan fingerprint density at radius 3 is 2.52 bits per heavy atom. The lowest BCUT2D eigenvalue weighted by atomic mass is 10.1. The summed E-state index contributed by atoms with van der Waals surface area (Å²) in [5, 5.41) is 9.94. The second-order valence-corrected chi connectivity index (χ2v) is 5.61. The van der Waals surface area contributed by atoms with Gasteiger partial charge in [-0.05, 0) is 30.2 Å². The Morgan fingerprint density at radius 1 is 1.12 bits per heavy atom. The van der Waals surface area contributed by atoms with Crippen LogP contribution in [-0.4, -0.2) is 42.6 Å². The molecule has 0 heterocycles. The molecule has 0 atom stereocenters. The molecule has 0 aromatic heterocycles. The number of methoxy groups -OCH3 is 1. The third kappa shape index (κ3) is 4.50. The van der Waals surface area contributed by atoms with Crippen LogP contribution in [0.15, 0.2) is 42.5 Å². The number of phenolic OH excluding ortho intramolecular Hbond substituents is 1. The first kappa shape index (κ1) is 18.3. The predicted molar refractivity (Wildman–Crippen MR) is 92.6 cm³/mol.